The molecule has 1 aromatic heterocycles. The highest BCUT2D eigenvalue weighted by atomic mass is 16.5. The molecule has 0 fully saturated rings. The Morgan fingerprint density at radius 2 is 1.97 bits per heavy atom. The molecule has 2 aromatic carbocycles. The van der Waals surface area contributed by atoms with Gasteiger partial charge in [-0.3, -0.25) is 4.99 Å². The van der Waals surface area contributed by atoms with Crippen LogP contribution in [0.3, 0.4) is 0 Å². The second kappa shape index (κ2) is 8.39. The Bertz CT molecular complexity index is 1020. The average molecular weight is 390 g/mol. The maximum atomic E-state index is 5.77. The molecule has 150 valence electrons. The Kier molecular flexibility index (Phi) is 5.51. The van der Waals surface area contributed by atoms with Gasteiger partial charge in [0.05, 0.1) is 24.0 Å². The Morgan fingerprint density at radius 3 is 2.76 bits per heavy atom. The largest absolute Gasteiger partial charge is 0.493 e. The fraction of sp³-hybridized carbons (Fsp3) is 0.304. The first kappa shape index (κ1) is 19.1. The third-order valence-electron chi connectivity index (χ3n) is 5.17. The van der Waals surface area contributed by atoms with E-state index in [9.17, 15) is 0 Å². The number of nitrogens with zero attached hydrogens (tertiary/aromatic N) is 3. The molecule has 6 nitrogen and oxygen atoms in total. The van der Waals surface area contributed by atoms with Gasteiger partial charge in [-0.05, 0) is 37.6 Å². The number of ether oxygens (including phenoxy) is 1. The van der Waals surface area contributed by atoms with Gasteiger partial charge >= 0.3 is 0 Å². The molecule has 2 N–H and O–H groups in total. The summed E-state index contributed by atoms with van der Waals surface area (Å²) in [5, 5.41) is 11.6. The van der Waals surface area contributed by atoms with Crippen LogP contribution in [0.4, 0.5) is 0 Å². The molecule has 1 atom stereocenters. The van der Waals surface area contributed by atoms with E-state index in [1.165, 1.54) is 5.56 Å². The van der Waals surface area contributed by atoms with Crippen LogP contribution in [0.1, 0.15) is 35.0 Å². The molecule has 29 heavy (non-hydrogen) atoms. The zero-order chi connectivity index (χ0) is 20.2. The van der Waals surface area contributed by atoms with E-state index >= 15 is 0 Å². The minimum atomic E-state index is 0.178. The van der Waals surface area contributed by atoms with Crippen molar-refractivity contribution in [2.45, 2.75) is 32.9 Å². The topological polar surface area (TPSA) is 63.5 Å². The van der Waals surface area contributed by atoms with E-state index in [1.54, 1.807) is 7.05 Å². The summed E-state index contributed by atoms with van der Waals surface area (Å²) >= 11 is 0. The average Bonchev–Trinajstić information content (AvgIpc) is 3.09. The van der Waals surface area contributed by atoms with E-state index in [1.807, 2.05) is 35.9 Å². The molecule has 0 spiro atoms. The Hall–Kier alpha value is -3.28. The molecule has 0 aliphatic carbocycles. The quantitative estimate of drug-likeness (QED) is 0.528. The van der Waals surface area contributed by atoms with Gasteiger partial charge in [0.15, 0.2) is 5.96 Å². The molecule has 0 radical (unpaired) electrons. The van der Waals surface area contributed by atoms with E-state index in [4.69, 9.17) is 4.74 Å². The number of aryl methyl sites for hydroxylation is 2. The van der Waals surface area contributed by atoms with E-state index < -0.39 is 0 Å². The maximum Gasteiger partial charge on any atom is 0.191 e. The summed E-state index contributed by atoms with van der Waals surface area (Å²) in [6, 6.07) is 18.8. The SMILES string of the molecule is CN=C(NCc1ccccc1-n1nc(C)cc1C)NC1CCOc2ccccc21. The van der Waals surface area contributed by atoms with Gasteiger partial charge in [-0.25, -0.2) is 4.68 Å². The molecule has 1 aliphatic rings. The third-order valence-corrected chi connectivity index (χ3v) is 5.17. The van der Waals surface area contributed by atoms with Gasteiger partial charge < -0.3 is 15.4 Å². The van der Waals surface area contributed by atoms with Gasteiger partial charge in [0.2, 0.25) is 0 Å². The van der Waals surface area contributed by atoms with Gasteiger partial charge in [0, 0.05) is 31.3 Å². The number of aromatic nitrogens is 2. The van der Waals surface area contributed by atoms with Crippen molar-refractivity contribution >= 4 is 5.96 Å². The predicted octanol–water partition coefficient (Wildman–Crippen LogP) is 3.68. The number of hydrogen-bond acceptors (Lipinski definition) is 3. The van der Waals surface area contributed by atoms with Crippen LogP contribution in [-0.2, 0) is 6.54 Å². The highest BCUT2D eigenvalue weighted by Crippen LogP contribution is 2.31. The van der Waals surface area contributed by atoms with Crippen LogP contribution in [0.25, 0.3) is 5.69 Å². The summed E-state index contributed by atoms with van der Waals surface area (Å²) in [5.74, 6) is 1.72. The van der Waals surface area contributed by atoms with Crippen LogP contribution >= 0.6 is 0 Å². The second-order valence-corrected chi connectivity index (χ2v) is 7.27. The highest BCUT2D eigenvalue weighted by Gasteiger charge is 2.21. The molecule has 0 saturated carbocycles. The molecule has 0 saturated heterocycles. The molecule has 4 rings (SSSR count). The lowest BCUT2D eigenvalue weighted by Crippen LogP contribution is -2.40. The molecular formula is C23H27N5O. The van der Waals surface area contributed by atoms with Crippen LogP contribution in [0.15, 0.2) is 59.6 Å². The van der Waals surface area contributed by atoms with Gasteiger partial charge in [-0.1, -0.05) is 36.4 Å². The zero-order valence-corrected chi connectivity index (χ0v) is 17.1. The van der Waals surface area contributed by atoms with Crippen molar-refractivity contribution in [3.63, 3.8) is 0 Å². The predicted molar refractivity (Wildman–Crippen MR) is 116 cm³/mol. The van der Waals surface area contributed by atoms with Crippen molar-refractivity contribution in [2.75, 3.05) is 13.7 Å². The summed E-state index contributed by atoms with van der Waals surface area (Å²) < 4.78 is 7.76. The van der Waals surface area contributed by atoms with Crippen molar-refractivity contribution < 1.29 is 4.74 Å². The number of guanidine groups is 1. The Morgan fingerprint density at radius 1 is 1.17 bits per heavy atom. The van der Waals surface area contributed by atoms with Crippen molar-refractivity contribution in [3.8, 4) is 11.4 Å². The number of benzene rings is 2. The smallest absolute Gasteiger partial charge is 0.191 e. The summed E-state index contributed by atoms with van der Waals surface area (Å²) in [4.78, 5) is 4.43. The van der Waals surface area contributed by atoms with Crippen LogP contribution in [-0.4, -0.2) is 29.4 Å². The van der Waals surface area contributed by atoms with Crippen LogP contribution in [0.5, 0.6) is 5.75 Å². The summed E-state index contributed by atoms with van der Waals surface area (Å²) in [7, 11) is 1.80. The molecule has 0 bridgehead atoms. The minimum absolute atomic E-state index is 0.178. The Labute approximate surface area is 171 Å². The first-order valence-electron chi connectivity index (χ1n) is 9.96. The zero-order valence-electron chi connectivity index (χ0n) is 17.1. The number of rotatable bonds is 4. The molecule has 6 heteroatoms. The first-order chi connectivity index (χ1) is 14.2. The summed E-state index contributed by atoms with van der Waals surface area (Å²) in [6.45, 7) is 5.45. The van der Waals surface area contributed by atoms with E-state index in [0.717, 1.165) is 40.8 Å². The van der Waals surface area contributed by atoms with Gasteiger partial charge in [0.1, 0.15) is 5.75 Å². The van der Waals surface area contributed by atoms with Crippen LogP contribution in [0, 0.1) is 13.8 Å². The van der Waals surface area contributed by atoms with Crippen molar-refractivity contribution in [2.24, 2.45) is 4.99 Å². The molecule has 3 aromatic rings. The van der Waals surface area contributed by atoms with Gasteiger partial charge in [0.25, 0.3) is 0 Å². The fourth-order valence-corrected chi connectivity index (χ4v) is 3.77. The molecule has 1 unspecified atom stereocenters. The lowest BCUT2D eigenvalue weighted by molar-refractivity contribution is 0.261. The molecule has 2 heterocycles. The number of fused-ring (bicyclic) bond motifs is 1. The number of para-hydroxylation sites is 2. The van der Waals surface area contributed by atoms with Gasteiger partial charge in [-0.15, -0.1) is 0 Å². The van der Waals surface area contributed by atoms with E-state index in [2.05, 4.69) is 58.0 Å². The first-order valence-corrected chi connectivity index (χ1v) is 9.96. The van der Waals surface area contributed by atoms with Crippen molar-refractivity contribution in [3.05, 3.63) is 77.1 Å². The van der Waals surface area contributed by atoms with Gasteiger partial charge in [-0.2, -0.15) is 5.10 Å². The fourth-order valence-electron chi connectivity index (χ4n) is 3.77. The monoisotopic (exact) mass is 389 g/mol. The molecule has 1 aliphatic heterocycles. The van der Waals surface area contributed by atoms with Crippen molar-refractivity contribution in [1.82, 2.24) is 20.4 Å². The lowest BCUT2D eigenvalue weighted by Gasteiger charge is -2.28. The van der Waals surface area contributed by atoms with E-state index in [-0.39, 0.29) is 6.04 Å². The molecular weight excluding hydrogens is 362 g/mol. The Balaban J connectivity index is 1.49. The van der Waals surface area contributed by atoms with E-state index in [0.29, 0.717) is 13.2 Å². The summed E-state index contributed by atoms with van der Waals surface area (Å²) in [6.07, 6.45) is 0.903. The number of hydrogen-bond donors (Lipinski definition) is 2. The number of aliphatic imine (C=N–C) groups is 1. The summed E-state index contributed by atoms with van der Waals surface area (Å²) in [5.41, 5.74) is 5.55. The third kappa shape index (κ3) is 4.11. The normalized spacial score (nSPS) is 16.1. The lowest BCUT2D eigenvalue weighted by atomic mass is 10.0. The van der Waals surface area contributed by atoms with Crippen LogP contribution < -0.4 is 15.4 Å². The van der Waals surface area contributed by atoms with Crippen LogP contribution in [0.2, 0.25) is 0 Å². The minimum Gasteiger partial charge on any atom is -0.493 e. The van der Waals surface area contributed by atoms with Crippen molar-refractivity contribution in [1.29, 1.82) is 0 Å². The maximum absolute atomic E-state index is 5.77. The molecule has 0 amide bonds. The standard InChI is InChI=1S/C23H27N5O/c1-16-14-17(2)28(27-16)21-10-6-4-8-18(21)15-25-23(24-3)26-20-12-13-29-22-11-7-5-9-19(20)22/h4-11,14,20H,12-13,15H2,1-3H3,(H2,24,25,26). The number of nitrogens with one attached hydrogen (secondary N) is 2. The second-order valence-electron chi connectivity index (χ2n) is 7.27. The highest BCUT2D eigenvalue weighted by molar-refractivity contribution is 5.80.